The minimum Gasteiger partial charge on any atom is -0.386 e. The summed E-state index contributed by atoms with van der Waals surface area (Å²) in [7, 11) is 0. The van der Waals surface area contributed by atoms with Crippen molar-refractivity contribution in [2.24, 2.45) is 5.92 Å². The molecule has 1 N–H and O–H groups in total. The van der Waals surface area contributed by atoms with Gasteiger partial charge in [-0.1, -0.05) is 37.8 Å². The van der Waals surface area contributed by atoms with E-state index in [2.05, 4.69) is 30.5 Å². The van der Waals surface area contributed by atoms with Gasteiger partial charge in [-0.15, -0.1) is 0 Å². The van der Waals surface area contributed by atoms with E-state index >= 15 is 0 Å². The number of rotatable bonds is 0. The SMILES string of the molecule is CC1CC2CCCCCCC/C=C\C=C/2N1. The largest absolute Gasteiger partial charge is 0.386 e. The average molecular weight is 219 g/mol. The van der Waals surface area contributed by atoms with E-state index in [9.17, 15) is 0 Å². The lowest BCUT2D eigenvalue weighted by atomic mass is 9.95. The first-order valence-electron chi connectivity index (χ1n) is 6.99. The van der Waals surface area contributed by atoms with Crippen molar-refractivity contribution < 1.29 is 0 Å². The van der Waals surface area contributed by atoms with Crippen LogP contribution in [0.3, 0.4) is 0 Å². The van der Waals surface area contributed by atoms with Gasteiger partial charge in [0, 0.05) is 17.7 Å². The summed E-state index contributed by atoms with van der Waals surface area (Å²) < 4.78 is 0. The Morgan fingerprint density at radius 2 is 1.94 bits per heavy atom. The Bertz CT molecular complexity index is 265. The molecule has 90 valence electrons. The van der Waals surface area contributed by atoms with Gasteiger partial charge < -0.3 is 5.32 Å². The van der Waals surface area contributed by atoms with Gasteiger partial charge in [0.25, 0.3) is 0 Å². The molecule has 0 radical (unpaired) electrons. The molecule has 0 aromatic heterocycles. The third kappa shape index (κ3) is 3.40. The zero-order valence-corrected chi connectivity index (χ0v) is 10.5. The van der Waals surface area contributed by atoms with Gasteiger partial charge in [-0.25, -0.2) is 0 Å². The first kappa shape index (κ1) is 11.8. The van der Waals surface area contributed by atoms with Crippen LogP contribution in [0.5, 0.6) is 0 Å². The molecule has 1 aliphatic heterocycles. The molecule has 0 amide bonds. The van der Waals surface area contributed by atoms with Crippen LogP contribution in [-0.2, 0) is 0 Å². The highest BCUT2D eigenvalue weighted by molar-refractivity contribution is 5.18. The van der Waals surface area contributed by atoms with E-state index in [4.69, 9.17) is 0 Å². The monoisotopic (exact) mass is 219 g/mol. The lowest BCUT2D eigenvalue weighted by molar-refractivity contribution is 0.500. The molecule has 0 aromatic rings. The fraction of sp³-hybridized carbons (Fsp3) is 0.733. The number of hydrogen-bond donors (Lipinski definition) is 1. The topological polar surface area (TPSA) is 12.0 Å². The lowest BCUT2D eigenvalue weighted by Gasteiger charge is -2.11. The van der Waals surface area contributed by atoms with E-state index in [1.165, 1.54) is 57.1 Å². The van der Waals surface area contributed by atoms with Crippen LogP contribution in [0.15, 0.2) is 23.9 Å². The normalized spacial score (nSPS) is 37.2. The van der Waals surface area contributed by atoms with Crippen molar-refractivity contribution in [2.75, 3.05) is 0 Å². The maximum atomic E-state index is 3.62. The van der Waals surface area contributed by atoms with Gasteiger partial charge in [-0.05, 0) is 38.7 Å². The Morgan fingerprint density at radius 3 is 2.88 bits per heavy atom. The van der Waals surface area contributed by atoms with E-state index in [-0.39, 0.29) is 0 Å². The number of fused-ring (bicyclic) bond motifs is 1. The second kappa shape index (κ2) is 6.12. The minimum atomic E-state index is 0.676. The van der Waals surface area contributed by atoms with E-state index in [1.54, 1.807) is 0 Å². The quantitative estimate of drug-likeness (QED) is 0.645. The molecule has 2 rings (SSSR count). The van der Waals surface area contributed by atoms with Crippen molar-refractivity contribution in [2.45, 2.75) is 64.3 Å². The van der Waals surface area contributed by atoms with Gasteiger partial charge in [0.2, 0.25) is 0 Å². The molecule has 1 aliphatic carbocycles. The summed E-state index contributed by atoms with van der Waals surface area (Å²) in [6.07, 6.45) is 17.9. The van der Waals surface area contributed by atoms with Crippen LogP contribution in [0, 0.1) is 5.92 Å². The summed E-state index contributed by atoms with van der Waals surface area (Å²) in [5.41, 5.74) is 1.49. The van der Waals surface area contributed by atoms with Crippen LogP contribution in [0.4, 0.5) is 0 Å². The maximum absolute atomic E-state index is 3.62. The molecule has 1 fully saturated rings. The molecule has 1 nitrogen and oxygen atoms in total. The van der Waals surface area contributed by atoms with Crippen molar-refractivity contribution in [3.8, 4) is 0 Å². The zero-order chi connectivity index (χ0) is 11.2. The van der Waals surface area contributed by atoms with E-state index in [0.29, 0.717) is 6.04 Å². The van der Waals surface area contributed by atoms with Gasteiger partial charge in [-0.2, -0.15) is 0 Å². The van der Waals surface area contributed by atoms with Gasteiger partial charge >= 0.3 is 0 Å². The molecule has 2 unspecified atom stereocenters. The summed E-state index contributed by atoms with van der Waals surface area (Å²) in [6, 6.07) is 0.676. The lowest BCUT2D eigenvalue weighted by Crippen LogP contribution is -2.15. The Morgan fingerprint density at radius 1 is 1.12 bits per heavy atom. The van der Waals surface area contributed by atoms with Gasteiger partial charge in [-0.3, -0.25) is 0 Å². The first-order chi connectivity index (χ1) is 7.86. The second-order valence-electron chi connectivity index (χ2n) is 5.37. The molecule has 0 saturated carbocycles. The summed E-state index contributed by atoms with van der Waals surface area (Å²) >= 11 is 0. The van der Waals surface area contributed by atoms with Gasteiger partial charge in [0.05, 0.1) is 0 Å². The predicted octanol–water partition coefficient (Wildman–Crippen LogP) is 4.17. The standard InChI is InChI=1S/C15H25N/c1-13-12-14-10-8-6-4-2-3-5-7-9-11-15(14)16-13/h7,9,11,13-14,16H,2-6,8,10,12H2,1H3/b9-7-,15-11+. The van der Waals surface area contributed by atoms with Crippen molar-refractivity contribution >= 4 is 0 Å². The van der Waals surface area contributed by atoms with Crippen molar-refractivity contribution in [1.29, 1.82) is 0 Å². The van der Waals surface area contributed by atoms with Crippen LogP contribution in [-0.4, -0.2) is 6.04 Å². The molecule has 2 aliphatic rings. The Kier molecular flexibility index (Phi) is 4.50. The summed E-state index contributed by atoms with van der Waals surface area (Å²) in [4.78, 5) is 0. The minimum absolute atomic E-state index is 0.676. The molecular weight excluding hydrogens is 194 g/mol. The summed E-state index contributed by atoms with van der Waals surface area (Å²) in [5, 5.41) is 3.62. The molecule has 1 saturated heterocycles. The smallest absolute Gasteiger partial charge is 0.0236 e. The van der Waals surface area contributed by atoms with Crippen LogP contribution in [0.2, 0.25) is 0 Å². The third-order valence-electron chi connectivity index (χ3n) is 3.83. The highest BCUT2D eigenvalue weighted by Gasteiger charge is 2.24. The molecular formula is C15H25N. The molecule has 0 spiro atoms. The summed E-state index contributed by atoms with van der Waals surface area (Å²) in [5.74, 6) is 0.805. The van der Waals surface area contributed by atoms with Crippen molar-refractivity contribution in [1.82, 2.24) is 5.32 Å². The average Bonchev–Trinajstić information content (AvgIpc) is 2.59. The molecule has 1 heteroatoms. The zero-order valence-electron chi connectivity index (χ0n) is 10.5. The Balaban J connectivity index is 1.99. The van der Waals surface area contributed by atoms with Crippen molar-refractivity contribution in [3.05, 3.63) is 23.9 Å². The summed E-state index contributed by atoms with van der Waals surface area (Å²) in [6.45, 7) is 2.30. The Labute approximate surface area is 100 Å². The number of hydrogen-bond acceptors (Lipinski definition) is 1. The highest BCUT2D eigenvalue weighted by Crippen LogP contribution is 2.29. The second-order valence-corrected chi connectivity index (χ2v) is 5.37. The fourth-order valence-electron chi connectivity index (χ4n) is 2.92. The molecule has 16 heavy (non-hydrogen) atoms. The van der Waals surface area contributed by atoms with Crippen LogP contribution >= 0.6 is 0 Å². The molecule has 0 bridgehead atoms. The van der Waals surface area contributed by atoms with E-state index in [0.717, 1.165) is 5.92 Å². The number of nitrogens with one attached hydrogen (secondary N) is 1. The molecule has 0 aromatic carbocycles. The maximum Gasteiger partial charge on any atom is 0.0236 e. The van der Waals surface area contributed by atoms with Crippen LogP contribution in [0.25, 0.3) is 0 Å². The number of allylic oxidation sites excluding steroid dienone is 4. The van der Waals surface area contributed by atoms with Crippen LogP contribution < -0.4 is 5.32 Å². The fourth-order valence-corrected chi connectivity index (χ4v) is 2.92. The van der Waals surface area contributed by atoms with Gasteiger partial charge in [0.1, 0.15) is 0 Å². The van der Waals surface area contributed by atoms with Gasteiger partial charge in [0.15, 0.2) is 0 Å². The molecule has 2 atom stereocenters. The van der Waals surface area contributed by atoms with E-state index < -0.39 is 0 Å². The van der Waals surface area contributed by atoms with Crippen molar-refractivity contribution in [3.63, 3.8) is 0 Å². The van der Waals surface area contributed by atoms with E-state index in [1.807, 2.05) is 0 Å². The molecule has 1 heterocycles. The first-order valence-corrected chi connectivity index (χ1v) is 6.99. The Hall–Kier alpha value is -0.720. The third-order valence-corrected chi connectivity index (χ3v) is 3.83. The highest BCUT2D eigenvalue weighted by atomic mass is 15.0. The predicted molar refractivity (Wildman–Crippen MR) is 70.2 cm³/mol. The van der Waals surface area contributed by atoms with Crippen LogP contribution in [0.1, 0.15) is 58.3 Å².